The quantitative estimate of drug-likeness (QED) is 0.569. The summed E-state index contributed by atoms with van der Waals surface area (Å²) in [6, 6.07) is 0.203. The predicted molar refractivity (Wildman–Crippen MR) is 74.2 cm³/mol. The van der Waals surface area contributed by atoms with Crippen LogP contribution in [0.3, 0.4) is 0 Å². The van der Waals surface area contributed by atoms with Crippen LogP contribution < -0.4 is 15.4 Å². The second kappa shape index (κ2) is 7.98. The molecule has 18 heavy (non-hydrogen) atoms. The summed E-state index contributed by atoms with van der Waals surface area (Å²) in [6.07, 6.45) is 0.411. The number of hydrogen-bond donors (Lipinski definition) is 3. The molecule has 1 amide bonds. The Labute approximate surface area is 113 Å². The van der Waals surface area contributed by atoms with Crippen molar-refractivity contribution in [3.63, 3.8) is 0 Å². The molecule has 0 bridgehead atoms. The lowest BCUT2D eigenvalue weighted by atomic mass is 10.2. The molecule has 1 heterocycles. The number of hydrogen-bond acceptors (Lipinski definition) is 5. The van der Waals surface area contributed by atoms with Gasteiger partial charge in [0.15, 0.2) is 0 Å². The number of sulfonamides is 1. The molecule has 1 saturated heterocycles. The zero-order valence-corrected chi connectivity index (χ0v) is 12.2. The Hall–Kier alpha value is -0.310. The second-order valence-electron chi connectivity index (χ2n) is 4.10. The van der Waals surface area contributed by atoms with Gasteiger partial charge in [-0.15, -0.1) is 0 Å². The SMILES string of the molecule is CCNS(=O)(=O)CCNC(=O)CC1CSCCN1. The van der Waals surface area contributed by atoms with Crippen LogP contribution in [0.4, 0.5) is 0 Å². The first-order valence-electron chi connectivity index (χ1n) is 6.08. The molecule has 0 aromatic rings. The van der Waals surface area contributed by atoms with Gasteiger partial charge in [-0.3, -0.25) is 4.79 Å². The Morgan fingerprint density at radius 3 is 2.89 bits per heavy atom. The molecule has 0 aromatic heterocycles. The Morgan fingerprint density at radius 2 is 2.28 bits per heavy atom. The normalized spacial score (nSPS) is 20.6. The van der Waals surface area contributed by atoms with Crippen LogP contribution in [0.15, 0.2) is 0 Å². The summed E-state index contributed by atoms with van der Waals surface area (Å²) in [7, 11) is -3.24. The topological polar surface area (TPSA) is 87.3 Å². The predicted octanol–water partition coefficient (Wildman–Crippen LogP) is -0.863. The van der Waals surface area contributed by atoms with Gasteiger partial charge >= 0.3 is 0 Å². The third kappa shape index (κ3) is 6.58. The first kappa shape index (κ1) is 15.7. The molecule has 106 valence electrons. The first-order valence-corrected chi connectivity index (χ1v) is 8.89. The third-order valence-electron chi connectivity index (χ3n) is 2.49. The minimum Gasteiger partial charge on any atom is -0.355 e. The zero-order valence-electron chi connectivity index (χ0n) is 10.6. The van der Waals surface area contributed by atoms with Crippen LogP contribution in [-0.4, -0.2) is 57.3 Å². The van der Waals surface area contributed by atoms with Crippen LogP contribution in [0.1, 0.15) is 13.3 Å². The lowest BCUT2D eigenvalue weighted by molar-refractivity contribution is -0.121. The van der Waals surface area contributed by atoms with Crippen LogP contribution in [0.5, 0.6) is 0 Å². The summed E-state index contributed by atoms with van der Waals surface area (Å²) in [5.41, 5.74) is 0. The van der Waals surface area contributed by atoms with Crippen molar-refractivity contribution in [3.8, 4) is 0 Å². The summed E-state index contributed by atoms with van der Waals surface area (Å²) >= 11 is 1.83. The molecule has 1 unspecified atom stereocenters. The standard InChI is InChI=1S/C10H21N3O3S2/c1-2-13-18(15,16)6-4-12-10(14)7-9-8-17-5-3-11-9/h9,11,13H,2-8H2,1H3,(H,12,14). The summed E-state index contributed by atoms with van der Waals surface area (Å²) < 4.78 is 25.0. The van der Waals surface area contributed by atoms with E-state index in [2.05, 4.69) is 15.4 Å². The van der Waals surface area contributed by atoms with Crippen molar-refractivity contribution in [1.82, 2.24) is 15.4 Å². The van der Waals surface area contributed by atoms with E-state index in [-0.39, 0.29) is 24.2 Å². The highest BCUT2D eigenvalue weighted by atomic mass is 32.2. The number of nitrogens with one attached hydrogen (secondary N) is 3. The van der Waals surface area contributed by atoms with E-state index in [4.69, 9.17) is 0 Å². The summed E-state index contributed by atoms with van der Waals surface area (Å²) in [5, 5.41) is 5.90. The largest absolute Gasteiger partial charge is 0.355 e. The number of amides is 1. The second-order valence-corrected chi connectivity index (χ2v) is 7.17. The minimum absolute atomic E-state index is 0.0700. The van der Waals surface area contributed by atoms with Gasteiger partial charge in [-0.25, -0.2) is 13.1 Å². The van der Waals surface area contributed by atoms with Crippen molar-refractivity contribution in [1.29, 1.82) is 0 Å². The van der Waals surface area contributed by atoms with E-state index in [1.165, 1.54) is 0 Å². The van der Waals surface area contributed by atoms with Crippen molar-refractivity contribution < 1.29 is 13.2 Å². The van der Waals surface area contributed by atoms with Crippen LogP contribution in [0.25, 0.3) is 0 Å². The van der Waals surface area contributed by atoms with Crippen molar-refractivity contribution in [2.24, 2.45) is 0 Å². The van der Waals surface area contributed by atoms with Gasteiger partial charge in [0.25, 0.3) is 0 Å². The molecule has 3 N–H and O–H groups in total. The van der Waals surface area contributed by atoms with E-state index in [0.717, 1.165) is 18.1 Å². The molecule has 1 aliphatic heterocycles. The van der Waals surface area contributed by atoms with Crippen LogP contribution >= 0.6 is 11.8 Å². The lowest BCUT2D eigenvalue weighted by Gasteiger charge is -2.22. The first-order chi connectivity index (χ1) is 8.53. The molecule has 0 radical (unpaired) electrons. The Kier molecular flexibility index (Phi) is 6.98. The van der Waals surface area contributed by atoms with Gasteiger partial charge in [-0.05, 0) is 0 Å². The fourth-order valence-electron chi connectivity index (χ4n) is 1.66. The van der Waals surface area contributed by atoms with Gasteiger partial charge in [0.1, 0.15) is 0 Å². The van der Waals surface area contributed by atoms with Crippen LogP contribution in [0, 0.1) is 0 Å². The van der Waals surface area contributed by atoms with E-state index >= 15 is 0 Å². The van der Waals surface area contributed by atoms with Crippen molar-refractivity contribution in [2.75, 3.05) is 36.9 Å². The van der Waals surface area contributed by atoms with Gasteiger partial charge in [0, 0.05) is 43.6 Å². The van der Waals surface area contributed by atoms with E-state index in [1.807, 2.05) is 11.8 Å². The van der Waals surface area contributed by atoms with Gasteiger partial charge in [0.2, 0.25) is 15.9 Å². The van der Waals surface area contributed by atoms with Gasteiger partial charge in [-0.1, -0.05) is 6.92 Å². The highest BCUT2D eigenvalue weighted by Gasteiger charge is 2.17. The van der Waals surface area contributed by atoms with E-state index in [9.17, 15) is 13.2 Å². The van der Waals surface area contributed by atoms with Gasteiger partial charge in [-0.2, -0.15) is 11.8 Å². The smallest absolute Gasteiger partial charge is 0.221 e. The summed E-state index contributed by atoms with van der Waals surface area (Å²) in [6.45, 7) is 3.19. The van der Waals surface area contributed by atoms with Gasteiger partial charge in [0.05, 0.1) is 5.75 Å². The molecule has 1 fully saturated rings. The third-order valence-corrected chi connectivity index (χ3v) is 5.09. The molecule has 6 nitrogen and oxygen atoms in total. The fraction of sp³-hybridized carbons (Fsp3) is 0.900. The Balaban J connectivity index is 2.16. The monoisotopic (exact) mass is 295 g/mol. The minimum atomic E-state index is -3.24. The fourth-order valence-corrected chi connectivity index (χ4v) is 3.57. The molecule has 0 spiro atoms. The molecular weight excluding hydrogens is 274 g/mol. The van der Waals surface area contributed by atoms with E-state index in [0.29, 0.717) is 13.0 Å². The Morgan fingerprint density at radius 1 is 1.50 bits per heavy atom. The number of carbonyl (C=O) groups excluding carboxylic acids is 1. The number of carbonyl (C=O) groups is 1. The highest BCUT2D eigenvalue weighted by Crippen LogP contribution is 2.09. The zero-order chi connectivity index (χ0) is 13.4. The highest BCUT2D eigenvalue weighted by molar-refractivity contribution is 7.99. The van der Waals surface area contributed by atoms with Crippen molar-refractivity contribution in [3.05, 3.63) is 0 Å². The molecule has 1 rings (SSSR count). The summed E-state index contributed by atoms with van der Waals surface area (Å²) in [4.78, 5) is 11.6. The van der Waals surface area contributed by atoms with E-state index in [1.54, 1.807) is 6.92 Å². The molecular formula is C10H21N3O3S2. The van der Waals surface area contributed by atoms with Crippen molar-refractivity contribution in [2.45, 2.75) is 19.4 Å². The van der Waals surface area contributed by atoms with E-state index < -0.39 is 10.0 Å². The van der Waals surface area contributed by atoms with Crippen molar-refractivity contribution >= 4 is 27.7 Å². The number of rotatable bonds is 7. The molecule has 0 saturated carbocycles. The Bertz CT molecular complexity index is 353. The molecule has 1 aliphatic rings. The molecule has 1 atom stereocenters. The maximum Gasteiger partial charge on any atom is 0.221 e. The van der Waals surface area contributed by atoms with Crippen LogP contribution in [-0.2, 0) is 14.8 Å². The maximum atomic E-state index is 11.6. The molecule has 0 aliphatic carbocycles. The summed E-state index contributed by atoms with van der Waals surface area (Å²) in [5.74, 6) is 1.85. The maximum absolute atomic E-state index is 11.6. The number of thioether (sulfide) groups is 1. The lowest BCUT2D eigenvalue weighted by Crippen LogP contribution is -2.42. The average molecular weight is 295 g/mol. The molecule has 0 aromatic carbocycles. The average Bonchev–Trinajstić information content (AvgIpc) is 2.29. The van der Waals surface area contributed by atoms with Gasteiger partial charge < -0.3 is 10.6 Å². The van der Waals surface area contributed by atoms with Crippen LogP contribution in [0.2, 0.25) is 0 Å². The molecule has 8 heteroatoms.